The topological polar surface area (TPSA) is 72.6 Å². The van der Waals surface area contributed by atoms with Crippen LogP contribution in [0.1, 0.15) is 35.8 Å². The summed E-state index contributed by atoms with van der Waals surface area (Å²) in [5, 5.41) is 10.1. The van der Waals surface area contributed by atoms with E-state index < -0.39 is 17.6 Å². The van der Waals surface area contributed by atoms with E-state index in [4.69, 9.17) is 10.5 Å². The molecule has 2 rings (SSSR count). The smallest absolute Gasteiger partial charge is 0.171 e. The van der Waals surface area contributed by atoms with Gasteiger partial charge >= 0.3 is 0 Å². The molecule has 1 aromatic carbocycles. The molecule has 0 saturated carbocycles. The summed E-state index contributed by atoms with van der Waals surface area (Å²) in [5.74, 6) is 0.559. The number of methoxy groups -OCH3 is 1. The molecule has 3 N–H and O–H groups in total. The van der Waals surface area contributed by atoms with Gasteiger partial charge in [-0.1, -0.05) is 0 Å². The van der Waals surface area contributed by atoms with Crippen LogP contribution in [0.5, 0.6) is 5.75 Å². The summed E-state index contributed by atoms with van der Waals surface area (Å²) in [6, 6.07) is 4.60. The van der Waals surface area contributed by atoms with Crippen molar-refractivity contribution < 1.29 is 14.6 Å². The molecule has 1 aliphatic rings. The van der Waals surface area contributed by atoms with Crippen LogP contribution in [0.25, 0.3) is 0 Å². The summed E-state index contributed by atoms with van der Waals surface area (Å²) in [6.07, 6.45) is -0.880. The number of ketones is 1. The van der Waals surface area contributed by atoms with Crippen LogP contribution in [0.15, 0.2) is 18.2 Å². The van der Waals surface area contributed by atoms with Crippen molar-refractivity contribution in [3.05, 3.63) is 29.3 Å². The number of carbonyl (C=O) groups excluding carboxylic acids is 1. The molecule has 0 spiro atoms. The molecule has 0 fully saturated rings. The second kappa shape index (κ2) is 3.82. The van der Waals surface area contributed by atoms with Gasteiger partial charge in [-0.3, -0.25) is 4.79 Å². The van der Waals surface area contributed by atoms with E-state index in [2.05, 4.69) is 0 Å². The van der Waals surface area contributed by atoms with Crippen LogP contribution in [0.2, 0.25) is 0 Å². The van der Waals surface area contributed by atoms with Crippen LogP contribution in [-0.4, -0.2) is 24.1 Å². The van der Waals surface area contributed by atoms with Gasteiger partial charge in [-0.15, -0.1) is 0 Å². The Bertz CT molecular complexity index is 468. The number of Topliss-reactive ketones (excluding diaryl/α,β-unsaturated/α-hetero) is 1. The Hall–Kier alpha value is -1.39. The van der Waals surface area contributed by atoms with Crippen LogP contribution < -0.4 is 10.5 Å². The highest BCUT2D eigenvalue weighted by Crippen LogP contribution is 2.40. The second-order valence-corrected chi connectivity index (χ2v) is 4.97. The van der Waals surface area contributed by atoms with Gasteiger partial charge in [-0.2, -0.15) is 0 Å². The third-order valence-corrected chi connectivity index (χ3v) is 3.53. The lowest BCUT2D eigenvalue weighted by atomic mass is 9.69. The molecular formula is C13H17NO3. The van der Waals surface area contributed by atoms with Gasteiger partial charge in [0.05, 0.1) is 24.7 Å². The Morgan fingerprint density at radius 2 is 2.06 bits per heavy atom. The number of hydrogen-bond donors (Lipinski definition) is 2. The molecule has 0 radical (unpaired) electrons. The summed E-state index contributed by atoms with van der Waals surface area (Å²) in [6.45, 7) is 3.43. The fourth-order valence-corrected chi connectivity index (χ4v) is 2.25. The minimum atomic E-state index is -0.880. The first-order chi connectivity index (χ1) is 7.89. The molecule has 0 saturated heterocycles. The lowest BCUT2D eigenvalue weighted by Gasteiger charge is -2.39. The van der Waals surface area contributed by atoms with Crippen molar-refractivity contribution in [2.24, 2.45) is 11.1 Å². The summed E-state index contributed by atoms with van der Waals surface area (Å²) >= 11 is 0. The molecule has 0 amide bonds. The summed E-state index contributed by atoms with van der Waals surface area (Å²) in [7, 11) is 1.55. The number of hydrogen-bond acceptors (Lipinski definition) is 4. The number of carbonyl (C=O) groups is 1. The van der Waals surface area contributed by atoms with Crippen molar-refractivity contribution in [3.63, 3.8) is 0 Å². The van der Waals surface area contributed by atoms with Crippen LogP contribution in [0.3, 0.4) is 0 Å². The predicted molar refractivity (Wildman–Crippen MR) is 64.0 cm³/mol. The predicted octanol–water partition coefficient (Wildman–Crippen LogP) is 1.28. The zero-order chi connectivity index (χ0) is 12.8. The molecule has 92 valence electrons. The van der Waals surface area contributed by atoms with Crippen molar-refractivity contribution in [2.75, 3.05) is 7.11 Å². The van der Waals surface area contributed by atoms with Crippen LogP contribution >= 0.6 is 0 Å². The number of rotatable bonds is 1. The van der Waals surface area contributed by atoms with E-state index in [-0.39, 0.29) is 5.78 Å². The zero-order valence-electron chi connectivity index (χ0n) is 10.2. The van der Waals surface area contributed by atoms with Crippen molar-refractivity contribution >= 4 is 5.78 Å². The monoisotopic (exact) mass is 235 g/mol. The first-order valence-corrected chi connectivity index (χ1v) is 5.56. The lowest BCUT2D eigenvalue weighted by Crippen LogP contribution is -2.48. The standard InChI is InChI=1S/C13H17NO3/c1-13(2)11(15)8-5-4-7(17-3)6-9(8)10(14)12(13)16/h4-6,10,12,16H,14H2,1-3H3/t10-,12+/m1/s1. The van der Waals surface area contributed by atoms with Gasteiger partial charge in [0.2, 0.25) is 0 Å². The van der Waals surface area contributed by atoms with Gasteiger partial charge in [0.25, 0.3) is 0 Å². The van der Waals surface area contributed by atoms with Gasteiger partial charge in [0.1, 0.15) is 5.75 Å². The Morgan fingerprint density at radius 3 is 2.65 bits per heavy atom. The Balaban J connectivity index is 2.60. The first-order valence-electron chi connectivity index (χ1n) is 5.56. The molecule has 1 aromatic rings. The molecule has 2 atom stereocenters. The molecule has 4 heteroatoms. The van der Waals surface area contributed by atoms with E-state index in [1.807, 2.05) is 0 Å². The minimum Gasteiger partial charge on any atom is -0.497 e. The highest BCUT2D eigenvalue weighted by atomic mass is 16.5. The van der Waals surface area contributed by atoms with Gasteiger partial charge in [-0.05, 0) is 37.6 Å². The number of nitrogens with two attached hydrogens (primary N) is 1. The number of aliphatic hydroxyl groups excluding tert-OH is 1. The van der Waals surface area contributed by atoms with Crippen LogP contribution in [-0.2, 0) is 0 Å². The first kappa shape index (κ1) is 12.1. The molecule has 1 aliphatic carbocycles. The highest BCUT2D eigenvalue weighted by molar-refractivity contribution is 6.03. The molecule has 17 heavy (non-hydrogen) atoms. The average Bonchev–Trinajstić information content (AvgIpc) is 2.33. The molecule has 0 aliphatic heterocycles. The Morgan fingerprint density at radius 1 is 1.41 bits per heavy atom. The normalized spacial score (nSPS) is 26.5. The average molecular weight is 235 g/mol. The van der Waals surface area contributed by atoms with Crippen molar-refractivity contribution in [3.8, 4) is 5.75 Å². The summed E-state index contributed by atoms with van der Waals surface area (Å²) in [4.78, 5) is 12.2. The van der Waals surface area contributed by atoms with Crippen molar-refractivity contribution in [1.82, 2.24) is 0 Å². The minimum absolute atomic E-state index is 0.0793. The van der Waals surface area contributed by atoms with E-state index in [1.54, 1.807) is 39.2 Å². The third kappa shape index (κ3) is 1.64. The van der Waals surface area contributed by atoms with Gasteiger partial charge in [0.15, 0.2) is 5.78 Å². The molecule has 0 unspecified atom stereocenters. The Kier molecular flexibility index (Phi) is 2.72. The quantitative estimate of drug-likeness (QED) is 0.769. The summed E-state index contributed by atoms with van der Waals surface area (Å²) in [5.41, 5.74) is 6.38. The second-order valence-electron chi connectivity index (χ2n) is 4.97. The SMILES string of the molecule is COc1ccc2c(c1)[C@@H](N)[C@H](O)C(C)(C)C2=O. The van der Waals surface area contributed by atoms with Gasteiger partial charge < -0.3 is 15.6 Å². The maximum absolute atomic E-state index is 12.2. The Labute approximate surface area is 100 Å². The summed E-state index contributed by atoms with van der Waals surface area (Å²) < 4.78 is 5.10. The van der Waals surface area contributed by atoms with Crippen LogP contribution in [0, 0.1) is 5.41 Å². The van der Waals surface area contributed by atoms with Crippen molar-refractivity contribution in [2.45, 2.75) is 26.0 Å². The van der Waals surface area contributed by atoms with Crippen LogP contribution in [0.4, 0.5) is 0 Å². The van der Waals surface area contributed by atoms with Gasteiger partial charge in [-0.25, -0.2) is 0 Å². The fraction of sp³-hybridized carbons (Fsp3) is 0.462. The number of aliphatic hydroxyl groups is 1. The van der Waals surface area contributed by atoms with E-state index in [1.165, 1.54) is 0 Å². The highest BCUT2D eigenvalue weighted by Gasteiger charge is 2.45. The van der Waals surface area contributed by atoms with Crippen molar-refractivity contribution in [1.29, 1.82) is 0 Å². The molecule has 0 bridgehead atoms. The largest absolute Gasteiger partial charge is 0.497 e. The molecule has 0 heterocycles. The molecule has 4 nitrogen and oxygen atoms in total. The fourth-order valence-electron chi connectivity index (χ4n) is 2.25. The maximum atomic E-state index is 12.2. The molecule has 0 aromatic heterocycles. The van der Waals surface area contributed by atoms with E-state index in [0.29, 0.717) is 16.9 Å². The van der Waals surface area contributed by atoms with E-state index in [9.17, 15) is 9.90 Å². The molecular weight excluding hydrogens is 218 g/mol. The zero-order valence-corrected chi connectivity index (χ0v) is 10.2. The maximum Gasteiger partial charge on any atom is 0.171 e. The third-order valence-electron chi connectivity index (χ3n) is 3.53. The number of benzene rings is 1. The van der Waals surface area contributed by atoms with E-state index in [0.717, 1.165) is 0 Å². The number of ether oxygens (including phenoxy) is 1. The number of fused-ring (bicyclic) bond motifs is 1. The van der Waals surface area contributed by atoms with Gasteiger partial charge in [0, 0.05) is 5.56 Å². The van der Waals surface area contributed by atoms with E-state index >= 15 is 0 Å². The lowest BCUT2D eigenvalue weighted by molar-refractivity contribution is 0.0208.